The molecular formula is C14H20N2O2. The number of carbonyl (C=O) groups is 1. The van der Waals surface area contributed by atoms with Gasteiger partial charge < -0.3 is 9.84 Å². The van der Waals surface area contributed by atoms with Crippen LogP contribution >= 0.6 is 0 Å². The zero-order valence-corrected chi connectivity index (χ0v) is 11.0. The van der Waals surface area contributed by atoms with E-state index in [1.54, 1.807) is 6.20 Å². The van der Waals surface area contributed by atoms with Crippen molar-refractivity contribution in [2.75, 3.05) is 5.32 Å². The van der Waals surface area contributed by atoms with E-state index >= 15 is 0 Å². The Morgan fingerprint density at radius 3 is 3.11 bits per heavy atom. The van der Waals surface area contributed by atoms with Gasteiger partial charge in [-0.15, -0.1) is 0 Å². The van der Waals surface area contributed by atoms with Crippen LogP contribution in [0.25, 0.3) is 0 Å². The molecule has 1 aliphatic rings. The fraction of sp³-hybridized carbons (Fsp3) is 0.571. The first-order chi connectivity index (χ1) is 8.66. The summed E-state index contributed by atoms with van der Waals surface area (Å²) in [6.45, 7) is 4.03. The van der Waals surface area contributed by atoms with Crippen molar-refractivity contribution in [3.05, 3.63) is 24.1 Å². The van der Waals surface area contributed by atoms with E-state index in [1.807, 2.05) is 13.8 Å². The molecule has 98 valence electrons. The van der Waals surface area contributed by atoms with Crippen molar-refractivity contribution in [1.82, 2.24) is 5.16 Å². The molecule has 18 heavy (non-hydrogen) atoms. The predicted molar refractivity (Wildman–Crippen MR) is 70.3 cm³/mol. The van der Waals surface area contributed by atoms with Crippen LogP contribution in [0.3, 0.4) is 0 Å². The van der Waals surface area contributed by atoms with E-state index in [-0.39, 0.29) is 11.8 Å². The van der Waals surface area contributed by atoms with Crippen LogP contribution in [0.15, 0.2) is 22.9 Å². The van der Waals surface area contributed by atoms with Crippen LogP contribution in [0.1, 0.15) is 51.2 Å². The molecule has 0 aromatic carbocycles. The van der Waals surface area contributed by atoms with Crippen molar-refractivity contribution >= 4 is 11.6 Å². The molecule has 0 aliphatic heterocycles. The highest BCUT2D eigenvalue weighted by Crippen LogP contribution is 2.25. The third kappa shape index (κ3) is 3.22. The highest BCUT2D eigenvalue weighted by molar-refractivity contribution is 5.91. The van der Waals surface area contributed by atoms with Gasteiger partial charge in [0.05, 0.1) is 6.20 Å². The van der Waals surface area contributed by atoms with Crippen LogP contribution in [0, 0.1) is 5.92 Å². The number of aromatic nitrogens is 1. The number of hydrogen-bond acceptors (Lipinski definition) is 3. The maximum absolute atomic E-state index is 11.9. The number of rotatable bonds is 4. The molecule has 1 atom stereocenters. The monoisotopic (exact) mass is 248 g/mol. The summed E-state index contributed by atoms with van der Waals surface area (Å²) in [5.41, 5.74) is 0.704. The minimum atomic E-state index is 0.0386. The Kier molecular flexibility index (Phi) is 4.18. The number of carbonyl (C=O) groups excluding carboxylic acids is 1. The SMILES string of the molecule is CC(C)c1oncc1NC(=O)CC1C=CCCC1. The molecule has 1 aliphatic carbocycles. The van der Waals surface area contributed by atoms with Crippen molar-refractivity contribution < 1.29 is 9.32 Å². The number of hydrogen-bond donors (Lipinski definition) is 1. The summed E-state index contributed by atoms with van der Waals surface area (Å²) in [4.78, 5) is 11.9. The Hall–Kier alpha value is -1.58. The van der Waals surface area contributed by atoms with Crippen molar-refractivity contribution in [2.45, 2.75) is 45.4 Å². The predicted octanol–water partition coefficient (Wildman–Crippen LogP) is 3.48. The number of nitrogens with one attached hydrogen (secondary N) is 1. The molecule has 0 radical (unpaired) electrons. The van der Waals surface area contributed by atoms with Gasteiger partial charge in [0.2, 0.25) is 5.91 Å². The molecule has 4 nitrogen and oxygen atoms in total. The van der Waals surface area contributed by atoms with Gasteiger partial charge in [0, 0.05) is 12.3 Å². The van der Waals surface area contributed by atoms with E-state index in [2.05, 4.69) is 22.6 Å². The summed E-state index contributed by atoms with van der Waals surface area (Å²) < 4.78 is 5.14. The molecule has 1 aromatic rings. The average Bonchev–Trinajstić information content (AvgIpc) is 2.78. The van der Waals surface area contributed by atoms with Crippen LogP contribution in [-0.2, 0) is 4.79 Å². The second kappa shape index (κ2) is 5.85. The third-order valence-electron chi connectivity index (χ3n) is 3.20. The van der Waals surface area contributed by atoms with Crippen molar-refractivity contribution in [1.29, 1.82) is 0 Å². The van der Waals surface area contributed by atoms with Gasteiger partial charge in [-0.05, 0) is 25.2 Å². The fourth-order valence-electron chi connectivity index (χ4n) is 2.25. The van der Waals surface area contributed by atoms with Crippen LogP contribution < -0.4 is 5.32 Å². The number of nitrogens with zero attached hydrogens (tertiary/aromatic N) is 1. The molecule has 0 bridgehead atoms. The molecule has 1 aromatic heterocycles. The molecule has 4 heteroatoms. The maximum Gasteiger partial charge on any atom is 0.225 e. The van der Waals surface area contributed by atoms with Gasteiger partial charge in [-0.25, -0.2) is 0 Å². The Balaban J connectivity index is 1.92. The summed E-state index contributed by atoms with van der Waals surface area (Å²) in [5.74, 6) is 1.37. The minimum absolute atomic E-state index is 0.0386. The first-order valence-corrected chi connectivity index (χ1v) is 6.58. The smallest absolute Gasteiger partial charge is 0.225 e. The summed E-state index contributed by atoms with van der Waals surface area (Å²) >= 11 is 0. The van der Waals surface area contributed by atoms with Gasteiger partial charge in [0.1, 0.15) is 5.69 Å². The number of anilines is 1. The summed E-state index contributed by atoms with van der Waals surface area (Å²) in [6.07, 6.45) is 9.86. The molecule has 1 unspecified atom stereocenters. The molecule has 0 saturated carbocycles. The highest BCUT2D eigenvalue weighted by atomic mass is 16.5. The zero-order chi connectivity index (χ0) is 13.0. The van der Waals surface area contributed by atoms with E-state index in [0.29, 0.717) is 18.0 Å². The van der Waals surface area contributed by atoms with Gasteiger partial charge in [-0.1, -0.05) is 31.2 Å². The van der Waals surface area contributed by atoms with Gasteiger partial charge in [-0.2, -0.15) is 0 Å². The molecule has 2 rings (SSSR count). The van der Waals surface area contributed by atoms with Gasteiger partial charge in [0.25, 0.3) is 0 Å². The lowest BCUT2D eigenvalue weighted by molar-refractivity contribution is -0.116. The largest absolute Gasteiger partial charge is 0.359 e. The Morgan fingerprint density at radius 2 is 2.44 bits per heavy atom. The Morgan fingerprint density at radius 1 is 1.61 bits per heavy atom. The molecule has 1 heterocycles. The van der Waals surface area contributed by atoms with Gasteiger partial charge in [-0.3, -0.25) is 4.79 Å². The van der Waals surface area contributed by atoms with Crippen LogP contribution in [0.5, 0.6) is 0 Å². The normalized spacial score (nSPS) is 19.2. The first-order valence-electron chi connectivity index (χ1n) is 6.58. The van der Waals surface area contributed by atoms with Gasteiger partial charge >= 0.3 is 0 Å². The van der Waals surface area contributed by atoms with Crippen LogP contribution in [0.2, 0.25) is 0 Å². The topological polar surface area (TPSA) is 55.1 Å². The van der Waals surface area contributed by atoms with Crippen molar-refractivity contribution in [2.24, 2.45) is 5.92 Å². The lowest BCUT2D eigenvalue weighted by Crippen LogP contribution is -2.17. The Labute approximate surface area is 107 Å². The number of amides is 1. The van der Waals surface area contributed by atoms with Crippen molar-refractivity contribution in [3.8, 4) is 0 Å². The van der Waals surface area contributed by atoms with Gasteiger partial charge in [0.15, 0.2) is 5.76 Å². The summed E-state index contributed by atoms with van der Waals surface area (Å²) in [7, 11) is 0. The summed E-state index contributed by atoms with van der Waals surface area (Å²) in [6, 6.07) is 0. The molecule has 1 amide bonds. The molecular weight excluding hydrogens is 228 g/mol. The second-order valence-electron chi connectivity index (χ2n) is 5.13. The molecule has 0 saturated heterocycles. The number of allylic oxidation sites excluding steroid dienone is 2. The average molecular weight is 248 g/mol. The highest BCUT2D eigenvalue weighted by Gasteiger charge is 2.17. The van der Waals surface area contributed by atoms with E-state index in [1.165, 1.54) is 6.42 Å². The third-order valence-corrected chi connectivity index (χ3v) is 3.20. The standard InChI is InChI=1S/C14H20N2O2/c1-10(2)14-12(9-15-18-14)16-13(17)8-11-6-4-3-5-7-11/h4,6,9-11H,3,5,7-8H2,1-2H3,(H,16,17). The summed E-state index contributed by atoms with van der Waals surface area (Å²) in [5, 5.41) is 6.63. The lowest BCUT2D eigenvalue weighted by Gasteiger charge is -2.15. The van der Waals surface area contributed by atoms with Crippen LogP contribution in [0.4, 0.5) is 5.69 Å². The lowest BCUT2D eigenvalue weighted by atomic mass is 9.93. The molecule has 0 fully saturated rings. The molecule has 0 spiro atoms. The quantitative estimate of drug-likeness (QED) is 0.830. The fourth-order valence-corrected chi connectivity index (χ4v) is 2.25. The minimum Gasteiger partial charge on any atom is -0.359 e. The Bertz CT molecular complexity index is 435. The van der Waals surface area contributed by atoms with E-state index in [0.717, 1.165) is 18.6 Å². The maximum atomic E-state index is 11.9. The second-order valence-corrected chi connectivity index (χ2v) is 5.13. The zero-order valence-electron chi connectivity index (χ0n) is 11.0. The first kappa shape index (κ1) is 12.9. The van der Waals surface area contributed by atoms with E-state index < -0.39 is 0 Å². The van der Waals surface area contributed by atoms with Crippen molar-refractivity contribution in [3.63, 3.8) is 0 Å². The van der Waals surface area contributed by atoms with E-state index in [9.17, 15) is 4.79 Å². The van der Waals surface area contributed by atoms with E-state index in [4.69, 9.17) is 4.52 Å². The molecule has 1 N–H and O–H groups in total. The van der Waals surface area contributed by atoms with Crippen LogP contribution in [-0.4, -0.2) is 11.1 Å².